The lowest BCUT2D eigenvalue weighted by Crippen LogP contribution is -2.46. The molecule has 0 rings (SSSR count). The van der Waals surface area contributed by atoms with Crippen LogP contribution in [0.5, 0.6) is 0 Å². The van der Waals surface area contributed by atoms with E-state index in [0.717, 1.165) is 12.8 Å². The van der Waals surface area contributed by atoms with Crippen LogP contribution in [0.4, 0.5) is 0 Å². The first kappa shape index (κ1) is 14.9. The average molecular weight is 230 g/mol. The minimum absolute atomic E-state index is 0.0432. The summed E-state index contributed by atoms with van der Waals surface area (Å²) in [5.41, 5.74) is 5.64. The molecular weight excluding hydrogens is 208 g/mol. The molecule has 1 unspecified atom stereocenters. The Morgan fingerprint density at radius 1 is 1.25 bits per heavy atom. The summed E-state index contributed by atoms with van der Waals surface area (Å²) >= 11 is 0. The lowest BCUT2D eigenvalue weighted by molar-refractivity contribution is -0.137. The minimum atomic E-state index is -0.900. The number of carbonyl (C=O) groups is 2. The van der Waals surface area contributed by atoms with Crippen LogP contribution in [0, 0.1) is 0 Å². The molecule has 0 radical (unpaired) electrons. The first-order valence-electron chi connectivity index (χ1n) is 5.79. The van der Waals surface area contributed by atoms with Crippen LogP contribution in [0.3, 0.4) is 0 Å². The number of carbonyl (C=O) groups excluding carboxylic acids is 1. The van der Waals surface area contributed by atoms with Crippen LogP contribution in [-0.4, -0.2) is 29.1 Å². The lowest BCUT2D eigenvalue weighted by Gasteiger charge is -2.18. The molecule has 1 amide bonds. The molecule has 16 heavy (non-hydrogen) atoms. The van der Waals surface area contributed by atoms with Gasteiger partial charge in [-0.25, -0.2) is 0 Å². The zero-order chi connectivity index (χ0) is 12.6. The van der Waals surface area contributed by atoms with E-state index in [2.05, 4.69) is 5.32 Å². The summed E-state index contributed by atoms with van der Waals surface area (Å²) in [5, 5.41) is 11.4. The number of amides is 1. The highest BCUT2D eigenvalue weighted by atomic mass is 16.4. The van der Waals surface area contributed by atoms with Crippen LogP contribution < -0.4 is 11.1 Å². The van der Waals surface area contributed by atoms with Crippen LogP contribution in [0.15, 0.2) is 0 Å². The number of rotatable bonds is 8. The second kappa shape index (κ2) is 8.10. The molecule has 0 aliphatic carbocycles. The molecule has 0 aromatic carbocycles. The van der Waals surface area contributed by atoms with Crippen molar-refractivity contribution in [1.29, 1.82) is 0 Å². The zero-order valence-electron chi connectivity index (χ0n) is 10.0. The largest absolute Gasteiger partial charge is 0.481 e. The highest BCUT2D eigenvalue weighted by Gasteiger charge is 2.18. The van der Waals surface area contributed by atoms with Crippen molar-refractivity contribution in [3.8, 4) is 0 Å². The molecule has 0 spiro atoms. The van der Waals surface area contributed by atoms with Crippen molar-refractivity contribution < 1.29 is 14.7 Å². The van der Waals surface area contributed by atoms with Crippen LogP contribution in [0.1, 0.15) is 46.0 Å². The molecule has 2 atom stereocenters. The third-order valence-corrected chi connectivity index (χ3v) is 2.34. The summed E-state index contributed by atoms with van der Waals surface area (Å²) in [7, 11) is 0. The van der Waals surface area contributed by atoms with E-state index in [0.29, 0.717) is 12.8 Å². The van der Waals surface area contributed by atoms with Gasteiger partial charge in [0.05, 0.1) is 12.5 Å². The third kappa shape index (κ3) is 6.40. The van der Waals surface area contributed by atoms with Gasteiger partial charge in [0.15, 0.2) is 0 Å². The maximum absolute atomic E-state index is 11.6. The van der Waals surface area contributed by atoms with E-state index < -0.39 is 12.0 Å². The Morgan fingerprint density at radius 3 is 2.25 bits per heavy atom. The smallest absolute Gasteiger partial charge is 0.305 e. The monoisotopic (exact) mass is 230 g/mol. The van der Waals surface area contributed by atoms with Gasteiger partial charge in [-0.15, -0.1) is 0 Å². The Balaban J connectivity index is 4.16. The van der Waals surface area contributed by atoms with E-state index in [1.165, 1.54) is 0 Å². The van der Waals surface area contributed by atoms with Gasteiger partial charge in [0.25, 0.3) is 0 Å². The standard InChI is InChI=1S/C11H22N2O3/c1-3-5-8(7-10(14)15)13-11(16)9(12)6-4-2/h8-9H,3-7,12H2,1-2H3,(H,13,16)(H,14,15)/t8?,9-/m0/s1. The van der Waals surface area contributed by atoms with E-state index >= 15 is 0 Å². The molecule has 5 nitrogen and oxygen atoms in total. The van der Waals surface area contributed by atoms with Crippen molar-refractivity contribution in [2.75, 3.05) is 0 Å². The summed E-state index contributed by atoms with van der Waals surface area (Å²) < 4.78 is 0. The zero-order valence-corrected chi connectivity index (χ0v) is 10.0. The Bertz CT molecular complexity index is 231. The van der Waals surface area contributed by atoms with Crippen molar-refractivity contribution in [2.24, 2.45) is 5.73 Å². The minimum Gasteiger partial charge on any atom is -0.481 e. The number of hydrogen-bond acceptors (Lipinski definition) is 3. The molecule has 0 aliphatic rings. The summed E-state index contributed by atoms with van der Waals surface area (Å²) in [5.74, 6) is -1.15. The van der Waals surface area contributed by atoms with Gasteiger partial charge < -0.3 is 16.2 Å². The molecule has 94 valence electrons. The predicted molar refractivity (Wildman–Crippen MR) is 62.0 cm³/mol. The number of nitrogens with two attached hydrogens (primary N) is 1. The van der Waals surface area contributed by atoms with Crippen LogP contribution >= 0.6 is 0 Å². The van der Waals surface area contributed by atoms with Crippen LogP contribution in [0.25, 0.3) is 0 Å². The van der Waals surface area contributed by atoms with Crippen molar-refractivity contribution in [3.63, 3.8) is 0 Å². The summed E-state index contributed by atoms with van der Waals surface area (Å²) in [4.78, 5) is 22.1. The van der Waals surface area contributed by atoms with E-state index in [1.807, 2.05) is 13.8 Å². The van der Waals surface area contributed by atoms with Crippen molar-refractivity contribution in [2.45, 2.75) is 58.0 Å². The van der Waals surface area contributed by atoms with Gasteiger partial charge >= 0.3 is 5.97 Å². The van der Waals surface area contributed by atoms with Gasteiger partial charge in [-0.05, 0) is 12.8 Å². The topological polar surface area (TPSA) is 92.4 Å². The molecule has 0 aromatic rings. The number of carboxylic acids is 1. The first-order chi connectivity index (χ1) is 7.51. The normalized spacial score (nSPS) is 14.2. The molecule has 4 N–H and O–H groups in total. The highest BCUT2D eigenvalue weighted by Crippen LogP contribution is 2.03. The Labute approximate surface area is 96.4 Å². The summed E-state index contributed by atoms with van der Waals surface area (Å²) in [6.07, 6.45) is 2.92. The fourth-order valence-corrected chi connectivity index (χ4v) is 1.53. The average Bonchev–Trinajstić information content (AvgIpc) is 2.17. The quantitative estimate of drug-likeness (QED) is 0.577. The number of aliphatic carboxylic acids is 1. The summed E-state index contributed by atoms with van der Waals surface area (Å²) in [6.45, 7) is 3.90. The van der Waals surface area contributed by atoms with E-state index in [1.54, 1.807) is 0 Å². The number of carboxylic acid groups (broad SMARTS) is 1. The van der Waals surface area contributed by atoms with Crippen molar-refractivity contribution >= 4 is 11.9 Å². The third-order valence-electron chi connectivity index (χ3n) is 2.34. The van der Waals surface area contributed by atoms with Gasteiger partial charge in [0.1, 0.15) is 0 Å². The maximum atomic E-state index is 11.6. The molecule has 0 aliphatic heterocycles. The molecule has 0 aromatic heterocycles. The Morgan fingerprint density at radius 2 is 1.81 bits per heavy atom. The molecule has 0 bridgehead atoms. The second-order valence-electron chi connectivity index (χ2n) is 3.99. The maximum Gasteiger partial charge on any atom is 0.305 e. The molecular formula is C11H22N2O3. The summed E-state index contributed by atoms with van der Waals surface area (Å²) in [6, 6.07) is -0.837. The number of hydrogen-bond donors (Lipinski definition) is 3. The van der Waals surface area contributed by atoms with Crippen LogP contribution in [-0.2, 0) is 9.59 Å². The fourth-order valence-electron chi connectivity index (χ4n) is 1.53. The fraction of sp³-hybridized carbons (Fsp3) is 0.818. The lowest BCUT2D eigenvalue weighted by atomic mass is 10.1. The molecule has 0 saturated heterocycles. The SMILES string of the molecule is CCCC(CC(=O)O)NC(=O)[C@@H](N)CCC. The Hall–Kier alpha value is -1.10. The van der Waals surface area contributed by atoms with Gasteiger partial charge in [-0.3, -0.25) is 9.59 Å². The van der Waals surface area contributed by atoms with Crippen molar-refractivity contribution in [3.05, 3.63) is 0 Å². The van der Waals surface area contributed by atoms with E-state index in [9.17, 15) is 9.59 Å². The molecule has 0 heterocycles. The predicted octanol–water partition coefficient (Wildman–Crippen LogP) is 0.873. The second-order valence-corrected chi connectivity index (χ2v) is 3.99. The van der Waals surface area contributed by atoms with Gasteiger partial charge in [0.2, 0.25) is 5.91 Å². The number of nitrogens with one attached hydrogen (secondary N) is 1. The van der Waals surface area contributed by atoms with Crippen LogP contribution in [0.2, 0.25) is 0 Å². The van der Waals surface area contributed by atoms with Crippen molar-refractivity contribution in [1.82, 2.24) is 5.32 Å². The van der Waals surface area contributed by atoms with E-state index in [4.69, 9.17) is 10.8 Å². The van der Waals surface area contributed by atoms with Gasteiger partial charge in [0, 0.05) is 6.04 Å². The molecule has 0 fully saturated rings. The Kier molecular flexibility index (Phi) is 7.54. The highest BCUT2D eigenvalue weighted by molar-refractivity contribution is 5.82. The first-order valence-corrected chi connectivity index (χ1v) is 5.79. The molecule has 5 heteroatoms. The molecule has 0 saturated carbocycles. The van der Waals surface area contributed by atoms with Gasteiger partial charge in [-0.2, -0.15) is 0 Å². The van der Waals surface area contributed by atoms with Gasteiger partial charge in [-0.1, -0.05) is 26.7 Å². The van der Waals surface area contributed by atoms with E-state index in [-0.39, 0.29) is 18.4 Å².